The quantitative estimate of drug-likeness (QED) is 0.708. The van der Waals surface area contributed by atoms with Crippen molar-refractivity contribution in [3.8, 4) is 0 Å². The normalized spacial score (nSPS) is 12.6. The minimum absolute atomic E-state index is 0.0856. The van der Waals surface area contributed by atoms with Crippen molar-refractivity contribution in [2.45, 2.75) is 52.5 Å². The van der Waals surface area contributed by atoms with E-state index in [0.29, 0.717) is 36.1 Å². The Bertz CT molecular complexity index is 397. The predicted octanol–water partition coefficient (Wildman–Crippen LogP) is 3.28. The summed E-state index contributed by atoms with van der Waals surface area (Å²) in [6.07, 6.45) is 6.20. The molecule has 0 spiro atoms. The zero-order valence-corrected chi connectivity index (χ0v) is 12.6. The summed E-state index contributed by atoms with van der Waals surface area (Å²) in [5.74, 6) is 0.623. The fourth-order valence-electron chi connectivity index (χ4n) is 2.41. The lowest BCUT2D eigenvalue weighted by atomic mass is 9.93. The lowest BCUT2D eigenvalue weighted by Crippen LogP contribution is -2.13. The Kier molecular flexibility index (Phi) is 7.10. The zero-order valence-electron chi connectivity index (χ0n) is 11.9. The minimum atomic E-state index is 0.0856. The molecule has 0 radical (unpaired) electrons. The lowest BCUT2D eigenvalue weighted by Gasteiger charge is -2.14. The lowest BCUT2D eigenvalue weighted by molar-refractivity contribution is 0.0962. The molecule has 0 fully saturated rings. The molecule has 0 bridgehead atoms. The van der Waals surface area contributed by atoms with Crippen LogP contribution in [0.2, 0.25) is 5.02 Å². The molecule has 2 N–H and O–H groups in total. The Labute approximate surface area is 120 Å². The van der Waals surface area contributed by atoms with E-state index in [1.54, 1.807) is 10.9 Å². The molecule has 0 aliphatic carbocycles. The van der Waals surface area contributed by atoms with Crippen molar-refractivity contribution >= 4 is 17.4 Å². The van der Waals surface area contributed by atoms with Crippen molar-refractivity contribution in [2.75, 3.05) is 6.54 Å². The van der Waals surface area contributed by atoms with Gasteiger partial charge < -0.3 is 5.73 Å². The zero-order chi connectivity index (χ0) is 14.3. The van der Waals surface area contributed by atoms with E-state index >= 15 is 0 Å². The van der Waals surface area contributed by atoms with Gasteiger partial charge in [0.1, 0.15) is 5.69 Å². The number of rotatable bonds is 9. The van der Waals surface area contributed by atoms with Crippen LogP contribution in [-0.4, -0.2) is 22.1 Å². The van der Waals surface area contributed by atoms with Gasteiger partial charge in [0, 0.05) is 13.0 Å². The van der Waals surface area contributed by atoms with Crippen LogP contribution in [0.3, 0.4) is 0 Å². The Morgan fingerprint density at radius 3 is 2.74 bits per heavy atom. The van der Waals surface area contributed by atoms with E-state index in [1.807, 2.05) is 6.92 Å². The SMILES string of the molecule is CCCC(CCN)CCC(=O)c1c(Cl)cnn1CC. The summed E-state index contributed by atoms with van der Waals surface area (Å²) in [7, 11) is 0. The molecule has 1 rings (SSSR count). The van der Waals surface area contributed by atoms with Crippen LogP contribution >= 0.6 is 11.6 Å². The van der Waals surface area contributed by atoms with E-state index in [1.165, 1.54) is 0 Å². The summed E-state index contributed by atoms with van der Waals surface area (Å²) in [5, 5.41) is 4.56. The molecule has 0 saturated carbocycles. The molecule has 0 aromatic carbocycles. The molecule has 5 heteroatoms. The van der Waals surface area contributed by atoms with Crippen molar-refractivity contribution in [1.82, 2.24) is 9.78 Å². The highest BCUT2D eigenvalue weighted by Crippen LogP contribution is 2.22. The molecule has 1 unspecified atom stereocenters. The third kappa shape index (κ3) is 4.62. The molecule has 1 heterocycles. The maximum absolute atomic E-state index is 12.2. The summed E-state index contributed by atoms with van der Waals surface area (Å²) in [4.78, 5) is 12.2. The Morgan fingerprint density at radius 1 is 1.42 bits per heavy atom. The second-order valence-electron chi connectivity index (χ2n) is 4.85. The topological polar surface area (TPSA) is 60.9 Å². The second-order valence-corrected chi connectivity index (χ2v) is 5.26. The summed E-state index contributed by atoms with van der Waals surface area (Å²) >= 11 is 6.03. The Morgan fingerprint density at radius 2 is 2.16 bits per heavy atom. The highest BCUT2D eigenvalue weighted by molar-refractivity contribution is 6.33. The largest absolute Gasteiger partial charge is 0.330 e. The van der Waals surface area contributed by atoms with Gasteiger partial charge >= 0.3 is 0 Å². The number of hydrogen-bond acceptors (Lipinski definition) is 3. The number of ketones is 1. The molecule has 0 aliphatic heterocycles. The molecule has 19 heavy (non-hydrogen) atoms. The van der Waals surface area contributed by atoms with Crippen LogP contribution < -0.4 is 5.73 Å². The molecule has 108 valence electrons. The van der Waals surface area contributed by atoms with Crippen LogP contribution in [0.15, 0.2) is 6.20 Å². The fourth-order valence-corrected chi connectivity index (χ4v) is 2.66. The van der Waals surface area contributed by atoms with Crippen molar-refractivity contribution in [3.63, 3.8) is 0 Å². The van der Waals surface area contributed by atoms with E-state index < -0.39 is 0 Å². The van der Waals surface area contributed by atoms with E-state index in [0.717, 1.165) is 25.7 Å². The first-order valence-corrected chi connectivity index (χ1v) is 7.46. The molecule has 0 saturated heterocycles. The van der Waals surface area contributed by atoms with Crippen LogP contribution in [0.1, 0.15) is 56.4 Å². The third-order valence-electron chi connectivity index (χ3n) is 3.41. The van der Waals surface area contributed by atoms with Gasteiger partial charge in [0.2, 0.25) is 0 Å². The van der Waals surface area contributed by atoms with Gasteiger partial charge in [-0.15, -0.1) is 0 Å². The maximum atomic E-state index is 12.2. The average Bonchev–Trinajstić information content (AvgIpc) is 2.77. The van der Waals surface area contributed by atoms with Gasteiger partial charge in [-0.2, -0.15) is 5.10 Å². The number of Topliss-reactive ketones (excluding diaryl/α,β-unsaturated/α-hetero) is 1. The third-order valence-corrected chi connectivity index (χ3v) is 3.69. The molecule has 1 aromatic rings. The number of carbonyl (C=O) groups is 1. The van der Waals surface area contributed by atoms with Gasteiger partial charge in [-0.1, -0.05) is 31.4 Å². The number of halogens is 1. The van der Waals surface area contributed by atoms with Crippen LogP contribution in [-0.2, 0) is 6.54 Å². The van der Waals surface area contributed by atoms with Gasteiger partial charge in [0.05, 0.1) is 11.2 Å². The second kappa shape index (κ2) is 8.33. The number of nitrogens with two attached hydrogens (primary N) is 1. The predicted molar refractivity (Wildman–Crippen MR) is 78.5 cm³/mol. The van der Waals surface area contributed by atoms with Gasteiger partial charge in [0.15, 0.2) is 5.78 Å². The first-order chi connectivity index (χ1) is 9.13. The smallest absolute Gasteiger partial charge is 0.182 e. The van der Waals surface area contributed by atoms with Gasteiger partial charge in [0.25, 0.3) is 0 Å². The highest BCUT2D eigenvalue weighted by atomic mass is 35.5. The van der Waals surface area contributed by atoms with Crippen molar-refractivity contribution in [3.05, 3.63) is 16.9 Å². The number of aryl methyl sites for hydroxylation is 1. The molecule has 4 nitrogen and oxygen atoms in total. The molecule has 1 atom stereocenters. The van der Waals surface area contributed by atoms with Crippen molar-refractivity contribution in [1.29, 1.82) is 0 Å². The Hall–Kier alpha value is -0.870. The van der Waals surface area contributed by atoms with Gasteiger partial charge in [-0.05, 0) is 32.2 Å². The highest BCUT2D eigenvalue weighted by Gasteiger charge is 2.18. The van der Waals surface area contributed by atoms with Crippen LogP contribution in [0, 0.1) is 5.92 Å². The fraction of sp³-hybridized carbons (Fsp3) is 0.714. The van der Waals surface area contributed by atoms with E-state index in [9.17, 15) is 4.79 Å². The minimum Gasteiger partial charge on any atom is -0.330 e. The van der Waals surface area contributed by atoms with E-state index in [2.05, 4.69) is 12.0 Å². The monoisotopic (exact) mass is 285 g/mol. The summed E-state index contributed by atoms with van der Waals surface area (Å²) in [6.45, 7) is 5.46. The summed E-state index contributed by atoms with van der Waals surface area (Å²) in [5.41, 5.74) is 6.16. The van der Waals surface area contributed by atoms with Gasteiger partial charge in [-0.3, -0.25) is 9.48 Å². The van der Waals surface area contributed by atoms with Crippen LogP contribution in [0.4, 0.5) is 0 Å². The number of hydrogen-bond donors (Lipinski definition) is 1. The Balaban J connectivity index is 2.61. The van der Waals surface area contributed by atoms with Crippen LogP contribution in [0.25, 0.3) is 0 Å². The average molecular weight is 286 g/mol. The van der Waals surface area contributed by atoms with Gasteiger partial charge in [-0.25, -0.2) is 0 Å². The number of carbonyl (C=O) groups excluding carboxylic acids is 1. The molecule has 0 aliphatic rings. The number of aromatic nitrogens is 2. The van der Waals surface area contributed by atoms with Crippen molar-refractivity contribution in [2.24, 2.45) is 11.7 Å². The van der Waals surface area contributed by atoms with E-state index in [-0.39, 0.29) is 5.78 Å². The maximum Gasteiger partial charge on any atom is 0.182 e. The van der Waals surface area contributed by atoms with Crippen LogP contribution in [0.5, 0.6) is 0 Å². The molecule has 1 aromatic heterocycles. The first-order valence-electron chi connectivity index (χ1n) is 7.08. The van der Waals surface area contributed by atoms with E-state index in [4.69, 9.17) is 17.3 Å². The molecular weight excluding hydrogens is 262 g/mol. The standard InChI is InChI=1S/C14H24ClN3O/c1-3-5-11(8-9-16)6-7-13(19)14-12(15)10-17-18(14)4-2/h10-11H,3-9,16H2,1-2H3. The first kappa shape index (κ1) is 16.2. The number of nitrogens with zero attached hydrogens (tertiary/aromatic N) is 2. The summed E-state index contributed by atoms with van der Waals surface area (Å²) < 4.78 is 1.67. The molecule has 0 amide bonds. The molecular formula is C14H24ClN3O. The summed E-state index contributed by atoms with van der Waals surface area (Å²) in [6, 6.07) is 0. The van der Waals surface area contributed by atoms with Crippen molar-refractivity contribution < 1.29 is 4.79 Å².